The number of furan rings is 1. The van der Waals surface area contributed by atoms with Crippen molar-refractivity contribution in [1.82, 2.24) is 9.88 Å². The summed E-state index contributed by atoms with van der Waals surface area (Å²) in [5, 5.41) is 1.32. The van der Waals surface area contributed by atoms with Gasteiger partial charge in [-0.2, -0.15) is 0 Å². The molecule has 3 heterocycles. The minimum atomic E-state index is 0.240. The highest BCUT2D eigenvalue weighted by atomic mass is 16.3. The molecule has 4 heteroatoms. The number of piperidine rings is 1. The fourth-order valence-corrected chi connectivity index (χ4v) is 3.71. The smallest absolute Gasteiger partial charge is 0.223 e. The summed E-state index contributed by atoms with van der Waals surface area (Å²) < 4.78 is 5.30. The summed E-state index contributed by atoms with van der Waals surface area (Å²) in [6.45, 7) is 1.70. The third-order valence-corrected chi connectivity index (χ3v) is 5.07. The first-order valence-corrected chi connectivity index (χ1v) is 8.67. The number of likely N-dealkylation sites (tertiary alicyclic amines) is 1. The number of aryl methyl sites for hydroxylation is 1. The van der Waals surface area contributed by atoms with Crippen LogP contribution in [0.2, 0.25) is 0 Å². The number of carbonyl (C=O) groups excluding carboxylic acids is 1. The van der Waals surface area contributed by atoms with Crippen molar-refractivity contribution in [3.05, 3.63) is 60.2 Å². The first kappa shape index (κ1) is 15.1. The second-order valence-electron chi connectivity index (χ2n) is 6.52. The van der Waals surface area contributed by atoms with Crippen LogP contribution in [0.3, 0.4) is 0 Å². The van der Waals surface area contributed by atoms with E-state index in [0.717, 1.165) is 31.7 Å². The van der Waals surface area contributed by atoms with Gasteiger partial charge in [0.05, 0.1) is 6.26 Å². The number of nitrogens with one attached hydrogen (secondary N) is 1. The predicted molar refractivity (Wildman–Crippen MR) is 93.9 cm³/mol. The number of hydrogen-bond acceptors (Lipinski definition) is 2. The largest absolute Gasteiger partial charge is 0.469 e. The molecule has 24 heavy (non-hydrogen) atoms. The molecule has 1 amide bonds. The molecule has 1 aliphatic heterocycles. The zero-order chi connectivity index (χ0) is 16.4. The summed E-state index contributed by atoms with van der Waals surface area (Å²) in [7, 11) is 0. The monoisotopic (exact) mass is 322 g/mol. The highest BCUT2D eigenvalue weighted by Crippen LogP contribution is 2.33. The number of rotatable bonds is 4. The Morgan fingerprint density at radius 3 is 2.79 bits per heavy atom. The van der Waals surface area contributed by atoms with Gasteiger partial charge in [-0.3, -0.25) is 4.79 Å². The molecular weight excluding hydrogens is 300 g/mol. The van der Waals surface area contributed by atoms with Crippen molar-refractivity contribution in [3.63, 3.8) is 0 Å². The second kappa shape index (κ2) is 6.56. The maximum Gasteiger partial charge on any atom is 0.223 e. The summed E-state index contributed by atoms with van der Waals surface area (Å²) in [5.41, 5.74) is 2.60. The molecule has 0 aliphatic carbocycles. The number of H-pyrrole nitrogens is 1. The molecule has 0 saturated carbocycles. The maximum absolute atomic E-state index is 12.4. The van der Waals surface area contributed by atoms with Crippen molar-refractivity contribution in [3.8, 4) is 0 Å². The summed E-state index contributed by atoms with van der Waals surface area (Å²) in [4.78, 5) is 17.7. The first-order valence-electron chi connectivity index (χ1n) is 8.67. The second-order valence-corrected chi connectivity index (χ2v) is 6.52. The van der Waals surface area contributed by atoms with E-state index in [1.165, 1.54) is 16.5 Å². The van der Waals surface area contributed by atoms with Gasteiger partial charge in [-0.15, -0.1) is 0 Å². The molecule has 4 nitrogen and oxygen atoms in total. The van der Waals surface area contributed by atoms with E-state index in [0.29, 0.717) is 18.8 Å². The molecule has 1 saturated heterocycles. The molecule has 3 aromatic rings. The number of fused-ring (bicyclic) bond motifs is 1. The average Bonchev–Trinajstić information content (AvgIpc) is 3.29. The molecule has 1 fully saturated rings. The van der Waals surface area contributed by atoms with Gasteiger partial charge >= 0.3 is 0 Å². The zero-order valence-electron chi connectivity index (χ0n) is 13.7. The van der Waals surface area contributed by atoms with Crippen molar-refractivity contribution in [2.24, 2.45) is 0 Å². The minimum Gasteiger partial charge on any atom is -0.469 e. The van der Waals surface area contributed by atoms with Crippen molar-refractivity contribution >= 4 is 16.8 Å². The Morgan fingerprint density at radius 2 is 2.00 bits per heavy atom. The molecule has 1 N–H and O–H groups in total. The van der Waals surface area contributed by atoms with Crippen molar-refractivity contribution < 1.29 is 9.21 Å². The Hall–Kier alpha value is -2.49. The Bertz CT molecular complexity index is 811. The molecular formula is C20H22N2O2. The van der Waals surface area contributed by atoms with Crippen LogP contribution in [0.1, 0.15) is 36.5 Å². The van der Waals surface area contributed by atoms with E-state index < -0.39 is 0 Å². The van der Waals surface area contributed by atoms with E-state index in [-0.39, 0.29) is 5.91 Å². The van der Waals surface area contributed by atoms with Crippen molar-refractivity contribution in [1.29, 1.82) is 0 Å². The quantitative estimate of drug-likeness (QED) is 0.786. The van der Waals surface area contributed by atoms with Crippen molar-refractivity contribution in [2.45, 2.75) is 31.6 Å². The molecule has 4 rings (SSSR count). The number of amides is 1. The van der Waals surface area contributed by atoms with Gasteiger partial charge < -0.3 is 14.3 Å². The molecule has 0 atom stereocenters. The molecule has 0 unspecified atom stereocenters. The van der Waals surface area contributed by atoms with Gasteiger partial charge in [0.2, 0.25) is 5.91 Å². The lowest BCUT2D eigenvalue weighted by Gasteiger charge is -2.32. The van der Waals surface area contributed by atoms with Crippen LogP contribution in [0, 0.1) is 0 Å². The molecule has 0 bridgehead atoms. The van der Waals surface area contributed by atoms with Crippen LogP contribution in [0.15, 0.2) is 53.3 Å². The number of benzene rings is 1. The highest BCUT2D eigenvalue weighted by Gasteiger charge is 2.25. The van der Waals surface area contributed by atoms with Crippen LogP contribution in [-0.2, 0) is 11.2 Å². The lowest BCUT2D eigenvalue weighted by Crippen LogP contribution is -2.38. The van der Waals surface area contributed by atoms with Gasteiger partial charge in [-0.05, 0) is 42.5 Å². The normalized spacial score (nSPS) is 15.9. The molecule has 0 radical (unpaired) electrons. The summed E-state index contributed by atoms with van der Waals surface area (Å²) in [6, 6.07) is 12.2. The summed E-state index contributed by atoms with van der Waals surface area (Å²) in [6.07, 6.45) is 7.10. The number of hydrogen-bond donors (Lipinski definition) is 1. The SMILES string of the molecule is O=C(CCc1ccco1)N1CCC(c2c[nH]c3ccccc23)CC1. The van der Waals surface area contributed by atoms with Crippen LogP contribution >= 0.6 is 0 Å². The third kappa shape index (κ3) is 2.96. The lowest BCUT2D eigenvalue weighted by atomic mass is 9.89. The molecule has 2 aromatic heterocycles. The standard InChI is InChI=1S/C20H22N2O2/c23-20(8-7-16-4-3-13-24-16)22-11-9-15(10-12-22)18-14-21-19-6-2-1-5-17(18)19/h1-6,13-15,21H,7-12H2. The number of carbonyl (C=O) groups is 1. The van der Waals surface area contributed by atoms with Crippen LogP contribution in [0.5, 0.6) is 0 Å². The van der Waals surface area contributed by atoms with E-state index in [2.05, 4.69) is 35.4 Å². The molecule has 1 aliphatic rings. The minimum absolute atomic E-state index is 0.240. The Kier molecular flexibility index (Phi) is 4.11. The Balaban J connectivity index is 1.35. The maximum atomic E-state index is 12.4. The van der Waals surface area contributed by atoms with E-state index in [4.69, 9.17) is 4.42 Å². The van der Waals surface area contributed by atoms with Crippen LogP contribution in [0.25, 0.3) is 10.9 Å². The van der Waals surface area contributed by atoms with Gasteiger partial charge in [0.25, 0.3) is 0 Å². The van der Waals surface area contributed by atoms with Crippen LogP contribution in [-0.4, -0.2) is 28.9 Å². The van der Waals surface area contributed by atoms with E-state index in [1.54, 1.807) is 6.26 Å². The van der Waals surface area contributed by atoms with Gasteiger partial charge in [0.1, 0.15) is 5.76 Å². The molecule has 124 valence electrons. The van der Waals surface area contributed by atoms with E-state index in [1.807, 2.05) is 17.0 Å². The third-order valence-electron chi connectivity index (χ3n) is 5.07. The van der Waals surface area contributed by atoms with E-state index in [9.17, 15) is 4.79 Å². The summed E-state index contributed by atoms with van der Waals surface area (Å²) >= 11 is 0. The fraction of sp³-hybridized carbons (Fsp3) is 0.350. The van der Waals surface area contributed by atoms with Gasteiger partial charge in [0.15, 0.2) is 0 Å². The van der Waals surface area contributed by atoms with Gasteiger partial charge in [-0.1, -0.05) is 18.2 Å². The number of para-hydroxylation sites is 1. The number of aromatic nitrogens is 1. The molecule has 0 spiro atoms. The summed E-state index contributed by atoms with van der Waals surface area (Å²) in [5.74, 6) is 1.66. The topological polar surface area (TPSA) is 49.2 Å². The first-order chi connectivity index (χ1) is 11.8. The molecule has 1 aromatic carbocycles. The predicted octanol–water partition coefficient (Wildman–Crippen LogP) is 4.10. The van der Waals surface area contributed by atoms with Gasteiger partial charge in [-0.25, -0.2) is 0 Å². The van der Waals surface area contributed by atoms with Crippen molar-refractivity contribution in [2.75, 3.05) is 13.1 Å². The van der Waals surface area contributed by atoms with Crippen LogP contribution in [0.4, 0.5) is 0 Å². The van der Waals surface area contributed by atoms with E-state index >= 15 is 0 Å². The Labute approximate surface area is 141 Å². The number of nitrogens with zero attached hydrogens (tertiary/aromatic N) is 1. The fourth-order valence-electron chi connectivity index (χ4n) is 3.71. The lowest BCUT2D eigenvalue weighted by molar-refractivity contribution is -0.132. The highest BCUT2D eigenvalue weighted by molar-refractivity contribution is 5.83. The van der Waals surface area contributed by atoms with Crippen LogP contribution < -0.4 is 0 Å². The average molecular weight is 322 g/mol. The zero-order valence-corrected chi connectivity index (χ0v) is 13.7. The number of aromatic amines is 1. The Morgan fingerprint density at radius 1 is 1.17 bits per heavy atom. The van der Waals surface area contributed by atoms with Gasteiger partial charge in [0, 0.05) is 43.0 Å².